The maximum absolute atomic E-state index is 12.9. The molecule has 0 aliphatic carbocycles. The maximum atomic E-state index is 12.9. The van der Waals surface area contributed by atoms with Crippen LogP contribution in [0.4, 0.5) is 5.69 Å². The van der Waals surface area contributed by atoms with E-state index in [1.807, 2.05) is 55.4 Å². The van der Waals surface area contributed by atoms with E-state index in [1.165, 1.54) is 11.3 Å². The fourth-order valence-electron chi connectivity index (χ4n) is 3.06. The molecule has 3 aromatic rings. The lowest BCUT2D eigenvalue weighted by molar-refractivity contribution is 0.0678. The van der Waals surface area contributed by atoms with Crippen LogP contribution in [-0.2, 0) is 0 Å². The molecule has 0 bridgehead atoms. The SMILES string of the molecule is CN(C)c1ccc([C@H]2CC(c3ccco3)=NN2C(=O)c2ccco2)cc1. The molecule has 3 heterocycles. The Morgan fingerprint density at radius 1 is 1.08 bits per heavy atom. The van der Waals surface area contributed by atoms with Crippen LogP contribution in [0.15, 0.2) is 75.0 Å². The van der Waals surface area contributed by atoms with Gasteiger partial charge < -0.3 is 13.7 Å². The smallest absolute Gasteiger partial charge is 0.310 e. The summed E-state index contributed by atoms with van der Waals surface area (Å²) in [6, 6.07) is 14.9. The van der Waals surface area contributed by atoms with Gasteiger partial charge in [-0.05, 0) is 42.0 Å². The van der Waals surface area contributed by atoms with Crippen LogP contribution in [0.5, 0.6) is 0 Å². The van der Waals surface area contributed by atoms with Gasteiger partial charge in [0.05, 0.1) is 18.6 Å². The second kappa shape index (κ2) is 6.55. The molecule has 0 spiro atoms. The van der Waals surface area contributed by atoms with Gasteiger partial charge >= 0.3 is 5.91 Å². The molecule has 26 heavy (non-hydrogen) atoms. The van der Waals surface area contributed by atoms with Crippen LogP contribution in [0.1, 0.15) is 34.3 Å². The van der Waals surface area contributed by atoms with Crippen molar-refractivity contribution in [1.29, 1.82) is 0 Å². The van der Waals surface area contributed by atoms with E-state index in [-0.39, 0.29) is 17.7 Å². The molecule has 1 aromatic carbocycles. The fourth-order valence-corrected chi connectivity index (χ4v) is 3.06. The number of carbonyl (C=O) groups is 1. The molecule has 6 nitrogen and oxygen atoms in total. The molecular formula is C20H19N3O3. The minimum Gasteiger partial charge on any atom is -0.463 e. The molecule has 4 rings (SSSR count). The molecule has 0 saturated heterocycles. The second-order valence-corrected chi connectivity index (χ2v) is 6.36. The summed E-state index contributed by atoms with van der Waals surface area (Å²) in [7, 11) is 3.99. The largest absolute Gasteiger partial charge is 0.463 e. The van der Waals surface area contributed by atoms with E-state index in [0.29, 0.717) is 12.2 Å². The van der Waals surface area contributed by atoms with Gasteiger partial charge in [-0.25, -0.2) is 5.01 Å². The van der Waals surface area contributed by atoms with Gasteiger partial charge in [-0.3, -0.25) is 4.79 Å². The molecular weight excluding hydrogens is 330 g/mol. The average molecular weight is 349 g/mol. The Kier molecular flexibility index (Phi) is 4.08. The van der Waals surface area contributed by atoms with Crippen molar-refractivity contribution in [1.82, 2.24) is 5.01 Å². The van der Waals surface area contributed by atoms with E-state index in [9.17, 15) is 4.79 Å². The predicted octanol–water partition coefficient (Wildman–Crippen LogP) is 3.93. The van der Waals surface area contributed by atoms with Crippen LogP contribution < -0.4 is 4.90 Å². The van der Waals surface area contributed by atoms with E-state index < -0.39 is 0 Å². The molecule has 0 saturated carbocycles. The first-order chi connectivity index (χ1) is 12.6. The summed E-state index contributed by atoms with van der Waals surface area (Å²) in [5.41, 5.74) is 2.86. The third kappa shape index (κ3) is 2.90. The number of amides is 1. The van der Waals surface area contributed by atoms with Crippen LogP contribution in [0.25, 0.3) is 0 Å². The minimum absolute atomic E-state index is 0.205. The first kappa shape index (κ1) is 16.2. The van der Waals surface area contributed by atoms with Crippen LogP contribution in [0, 0.1) is 0 Å². The Morgan fingerprint density at radius 2 is 1.81 bits per heavy atom. The third-order valence-corrected chi connectivity index (χ3v) is 4.45. The highest BCUT2D eigenvalue weighted by atomic mass is 16.3. The van der Waals surface area contributed by atoms with Crippen molar-refractivity contribution < 1.29 is 13.6 Å². The molecule has 0 radical (unpaired) electrons. The Balaban J connectivity index is 1.69. The zero-order chi connectivity index (χ0) is 18.1. The molecule has 1 aliphatic rings. The van der Waals surface area contributed by atoms with Crippen LogP contribution in [-0.4, -0.2) is 30.7 Å². The van der Waals surface area contributed by atoms with Crippen LogP contribution >= 0.6 is 0 Å². The van der Waals surface area contributed by atoms with Crippen LogP contribution in [0.3, 0.4) is 0 Å². The van der Waals surface area contributed by atoms with E-state index >= 15 is 0 Å². The second-order valence-electron chi connectivity index (χ2n) is 6.36. The average Bonchev–Trinajstić information content (AvgIpc) is 3.42. The monoisotopic (exact) mass is 349 g/mol. The lowest BCUT2D eigenvalue weighted by atomic mass is 10.0. The standard InChI is InChI=1S/C20H19N3O3/c1-22(2)15-9-7-14(8-10-15)17-13-16(18-5-3-11-25-18)21-23(17)20(24)19-6-4-12-26-19/h3-12,17H,13H2,1-2H3/t17-/m1/s1. The van der Waals surface area contributed by atoms with Gasteiger partial charge in [0.25, 0.3) is 0 Å². The van der Waals surface area contributed by atoms with Crippen LogP contribution in [0.2, 0.25) is 0 Å². The molecule has 1 atom stereocenters. The molecule has 132 valence electrons. The van der Waals surface area contributed by atoms with Gasteiger partial charge in [-0.1, -0.05) is 12.1 Å². The summed E-state index contributed by atoms with van der Waals surface area (Å²) in [6.45, 7) is 0. The zero-order valence-electron chi connectivity index (χ0n) is 14.6. The molecule has 0 N–H and O–H groups in total. The fraction of sp³-hybridized carbons (Fsp3) is 0.200. The van der Waals surface area contributed by atoms with Gasteiger partial charge in [-0.15, -0.1) is 0 Å². The van der Waals surface area contributed by atoms with Gasteiger partial charge in [-0.2, -0.15) is 5.10 Å². The lowest BCUT2D eigenvalue weighted by Crippen LogP contribution is -2.26. The zero-order valence-corrected chi connectivity index (χ0v) is 14.6. The minimum atomic E-state index is -0.266. The Labute approximate surface area is 151 Å². The predicted molar refractivity (Wildman–Crippen MR) is 98.2 cm³/mol. The number of hydrazone groups is 1. The van der Waals surface area contributed by atoms with Crippen molar-refractivity contribution in [2.45, 2.75) is 12.5 Å². The summed E-state index contributed by atoms with van der Waals surface area (Å²) in [5, 5.41) is 6.03. The number of furan rings is 2. The number of anilines is 1. The molecule has 1 aliphatic heterocycles. The molecule has 0 unspecified atom stereocenters. The van der Waals surface area contributed by atoms with Crippen molar-refractivity contribution >= 4 is 17.3 Å². The van der Waals surface area contributed by atoms with Gasteiger partial charge in [0.15, 0.2) is 5.76 Å². The van der Waals surface area contributed by atoms with Crippen molar-refractivity contribution in [3.05, 3.63) is 78.1 Å². The highest BCUT2D eigenvalue weighted by molar-refractivity contribution is 6.02. The maximum Gasteiger partial charge on any atom is 0.310 e. The molecule has 2 aromatic heterocycles. The normalized spacial score (nSPS) is 16.6. The number of nitrogens with zero attached hydrogens (tertiary/aromatic N) is 3. The highest BCUT2D eigenvalue weighted by Gasteiger charge is 2.35. The lowest BCUT2D eigenvalue weighted by Gasteiger charge is -2.22. The summed E-state index contributed by atoms with van der Waals surface area (Å²) in [4.78, 5) is 14.9. The van der Waals surface area contributed by atoms with E-state index in [2.05, 4.69) is 5.10 Å². The van der Waals surface area contributed by atoms with E-state index in [1.54, 1.807) is 18.4 Å². The van der Waals surface area contributed by atoms with Gasteiger partial charge in [0, 0.05) is 26.2 Å². The van der Waals surface area contributed by atoms with Crippen molar-refractivity contribution in [2.75, 3.05) is 19.0 Å². The summed E-state index contributed by atoms with van der Waals surface area (Å²) < 4.78 is 10.7. The van der Waals surface area contributed by atoms with Gasteiger partial charge in [0.1, 0.15) is 11.5 Å². The Hall–Kier alpha value is -3.28. The molecule has 0 fully saturated rings. The van der Waals surface area contributed by atoms with Gasteiger partial charge in [0.2, 0.25) is 0 Å². The van der Waals surface area contributed by atoms with E-state index in [4.69, 9.17) is 8.83 Å². The summed E-state index contributed by atoms with van der Waals surface area (Å²) in [5.74, 6) is 0.678. The number of rotatable bonds is 4. The topological polar surface area (TPSA) is 62.2 Å². The molecule has 6 heteroatoms. The highest BCUT2D eigenvalue weighted by Crippen LogP contribution is 2.34. The van der Waals surface area contributed by atoms with Crippen molar-refractivity contribution in [3.63, 3.8) is 0 Å². The van der Waals surface area contributed by atoms with Crippen molar-refractivity contribution in [3.8, 4) is 0 Å². The quantitative estimate of drug-likeness (QED) is 0.716. The molecule has 1 amide bonds. The number of benzene rings is 1. The number of carbonyl (C=O) groups excluding carboxylic acids is 1. The van der Waals surface area contributed by atoms with E-state index in [0.717, 1.165) is 17.0 Å². The summed E-state index contributed by atoms with van der Waals surface area (Å²) in [6.07, 6.45) is 3.68. The Bertz CT molecular complexity index is 910. The Morgan fingerprint density at radius 3 is 2.42 bits per heavy atom. The van der Waals surface area contributed by atoms with Crippen molar-refractivity contribution in [2.24, 2.45) is 5.10 Å². The number of hydrogen-bond acceptors (Lipinski definition) is 5. The number of hydrogen-bond donors (Lipinski definition) is 0. The first-order valence-corrected chi connectivity index (χ1v) is 8.39. The summed E-state index contributed by atoms with van der Waals surface area (Å²) >= 11 is 0. The first-order valence-electron chi connectivity index (χ1n) is 8.39. The third-order valence-electron chi connectivity index (χ3n) is 4.45.